The first-order chi connectivity index (χ1) is 16.2. The number of fused-ring (bicyclic) bond motifs is 1. The number of hydrogen-bond donors (Lipinski definition) is 2. The Morgan fingerprint density at radius 3 is 2.49 bits per heavy atom. The second-order valence-electron chi connectivity index (χ2n) is 9.45. The van der Waals surface area contributed by atoms with Gasteiger partial charge in [0.2, 0.25) is 0 Å². The number of alkyl halides is 3. The number of carbonyl (C=O) groups excluding carboxylic acids is 2. The molecule has 2 N–H and O–H groups in total. The van der Waals surface area contributed by atoms with Gasteiger partial charge in [0, 0.05) is 15.5 Å². The largest absolute Gasteiger partial charge is 0.466 e. The van der Waals surface area contributed by atoms with E-state index in [0.717, 1.165) is 29.7 Å². The molecule has 0 aliphatic heterocycles. The van der Waals surface area contributed by atoms with Gasteiger partial charge in [-0.15, -0.1) is 11.3 Å². The molecule has 0 radical (unpaired) electrons. The Morgan fingerprint density at radius 2 is 1.94 bits per heavy atom. The summed E-state index contributed by atoms with van der Waals surface area (Å²) in [5.41, 5.74) is -3.14. The van der Waals surface area contributed by atoms with Crippen LogP contribution in [0.5, 0.6) is 0 Å². The van der Waals surface area contributed by atoms with Crippen LogP contribution in [0.2, 0.25) is 5.02 Å². The number of anilines is 1. The molecule has 35 heavy (non-hydrogen) atoms. The van der Waals surface area contributed by atoms with Crippen LogP contribution in [0.25, 0.3) is 0 Å². The Labute approximate surface area is 210 Å². The lowest BCUT2D eigenvalue weighted by Gasteiger charge is -2.34. The van der Waals surface area contributed by atoms with E-state index in [-0.39, 0.29) is 32.5 Å². The van der Waals surface area contributed by atoms with Crippen molar-refractivity contribution in [2.45, 2.75) is 51.9 Å². The molecule has 1 amide bonds. The van der Waals surface area contributed by atoms with E-state index in [1.165, 1.54) is 24.3 Å². The molecule has 1 aliphatic rings. The van der Waals surface area contributed by atoms with Crippen LogP contribution < -0.4 is 10.6 Å². The number of ether oxygens (including phenoxy) is 1. The number of hydrogen-bond acceptors (Lipinski definition) is 6. The van der Waals surface area contributed by atoms with Crippen LogP contribution in [0.15, 0.2) is 24.3 Å². The molecule has 3 rings (SSSR count). The van der Waals surface area contributed by atoms with Crippen LogP contribution in [0, 0.1) is 22.7 Å². The average molecular weight is 528 g/mol. The number of nitrogens with one attached hydrogen (secondary N) is 2. The summed E-state index contributed by atoms with van der Waals surface area (Å²) in [6.45, 7) is 6.29. The van der Waals surface area contributed by atoms with Crippen molar-refractivity contribution in [3.8, 4) is 6.07 Å². The van der Waals surface area contributed by atoms with Crippen molar-refractivity contribution >= 4 is 39.8 Å². The van der Waals surface area contributed by atoms with Crippen molar-refractivity contribution < 1.29 is 27.5 Å². The lowest BCUT2D eigenvalue weighted by atomic mass is 9.72. The Morgan fingerprint density at radius 1 is 1.26 bits per heavy atom. The zero-order chi connectivity index (χ0) is 26.2. The third kappa shape index (κ3) is 5.26. The molecule has 1 aromatic carbocycles. The fourth-order valence-electron chi connectivity index (χ4n) is 4.12. The Bertz CT molecular complexity index is 1180. The predicted molar refractivity (Wildman–Crippen MR) is 127 cm³/mol. The number of halogens is 4. The van der Waals surface area contributed by atoms with Crippen molar-refractivity contribution in [1.82, 2.24) is 5.32 Å². The standard InChI is InChI=1S/C24H25ClF3N3O3S/c1-22(2,3)14-8-9-16-17(12-29)20(35-18(16)11-14)31-23(21(33)34-4,24(26,27)28)30-19(32)13-6-5-7-15(25)10-13/h5-7,10,14,31H,8-9,11H2,1-4H3,(H,30,32). The van der Waals surface area contributed by atoms with Crippen LogP contribution in [0.4, 0.5) is 18.2 Å². The van der Waals surface area contributed by atoms with Crippen LogP contribution >= 0.6 is 22.9 Å². The van der Waals surface area contributed by atoms with E-state index in [2.05, 4.69) is 30.8 Å². The summed E-state index contributed by atoms with van der Waals surface area (Å²) in [5, 5.41) is 13.7. The number of esters is 1. The molecule has 2 unspecified atom stereocenters. The maximum absolute atomic E-state index is 14.5. The van der Waals surface area contributed by atoms with E-state index in [4.69, 9.17) is 11.6 Å². The number of nitrogens with zero attached hydrogens (tertiary/aromatic N) is 1. The van der Waals surface area contributed by atoms with E-state index < -0.39 is 23.7 Å². The lowest BCUT2D eigenvalue weighted by molar-refractivity contribution is -0.203. The van der Waals surface area contributed by atoms with Crippen LogP contribution in [0.1, 0.15) is 53.6 Å². The number of nitriles is 1. The number of rotatable bonds is 5. The third-order valence-electron chi connectivity index (χ3n) is 6.21. The monoisotopic (exact) mass is 527 g/mol. The van der Waals surface area contributed by atoms with Gasteiger partial charge in [-0.25, -0.2) is 4.79 Å². The zero-order valence-electron chi connectivity index (χ0n) is 19.6. The topological polar surface area (TPSA) is 91.2 Å². The summed E-state index contributed by atoms with van der Waals surface area (Å²) in [7, 11) is 0.786. The predicted octanol–water partition coefficient (Wildman–Crippen LogP) is 5.70. The van der Waals surface area contributed by atoms with Crippen LogP contribution in [-0.2, 0) is 22.4 Å². The summed E-state index contributed by atoms with van der Waals surface area (Å²) in [6, 6.07) is 7.26. The van der Waals surface area contributed by atoms with Gasteiger partial charge in [0.1, 0.15) is 11.1 Å². The smallest absolute Gasteiger partial charge is 0.441 e. The van der Waals surface area contributed by atoms with Crippen LogP contribution in [0.3, 0.4) is 0 Å². The summed E-state index contributed by atoms with van der Waals surface area (Å²) < 4.78 is 48.0. The van der Waals surface area contributed by atoms with E-state index in [0.29, 0.717) is 18.4 Å². The SMILES string of the molecule is COC(=O)C(NC(=O)c1cccc(Cl)c1)(Nc1sc2c(c1C#N)CCC(C(C)(C)C)C2)C(F)(F)F. The van der Waals surface area contributed by atoms with Gasteiger partial charge in [-0.3, -0.25) is 4.79 Å². The first-order valence-electron chi connectivity index (χ1n) is 10.8. The number of benzene rings is 1. The normalized spacial score (nSPS) is 17.5. The van der Waals surface area contributed by atoms with Gasteiger partial charge in [0.05, 0.1) is 12.7 Å². The third-order valence-corrected chi connectivity index (χ3v) is 7.61. The fraction of sp³-hybridized carbons (Fsp3) is 0.458. The minimum Gasteiger partial charge on any atom is -0.466 e. The molecule has 6 nitrogen and oxygen atoms in total. The number of thiophene rings is 1. The van der Waals surface area contributed by atoms with Gasteiger partial charge in [-0.05, 0) is 54.4 Å². The fourth-order valence-corrected chi connectivity index (χ4v) is 5.64. The molecular weight excluding hydrogens is 503 g/mol. The lowest BCUT2D eigenvalue weighted by Crippen LogP contribution is -2.69. The number of methoxy groups -OCH3 is 1. The molecule has 11 heteroatoms. The van der Waals surface area contributed by atoms with Crippen molar-refractivity contribution in [3.05, 3.63) is 50.9 Å². The quantitative estimate of drug-likeness (QED) is 0.384. The molecular formula is C24H25ClF3N3O3S. The van der Waals surface area contributed by atoms with E-state index in [1.54, 1.807) is 5.32 Å². The second-order valence-corrected chi connectivity index (χ2v) is 11.0. The molecule has 0 saturated carbocycles. The first kappa shape index (κ1) is 26.8. The van der Waals surface area contributed by atoms with E-state index >= 15 is 0 Å². The van der Waals surface area contributed by atoms with Crippen molar-refractivity contribution in [2.24, 2.45) is 11.3 Å². The summed E-state index contributed by atoms with van der Waals surface area (Å²) >= 11 is 6.86. The molecule has 1 heterocycles. The first-order valence-corrected chi connectivity index (χ1v) is 12.0. The van der Waals surface area contributed by atoms with Crippen LogP contribution in [-0.4, -0.2) is 30.8 Å². The molecule has 2 atom stereocenters. The highest BCUT2D eigenvalue weighted by molar-refractivity contribution is 7.16. The van der Waals surface area contributed by atoms with Crippen molar-refractivity contribution in [3.63, 3.8) is 0 Å². The molecule has 0 bridgehead atoms. The molecule has 0 fully saturated rings. The van der Waals surface area contributed by atoms with Gasteiger partial charge in [-0.1, -0.05) is 38.4 Å². The maximum atomic E-state index is 14.5. The summed E-state index contributed by atoms with van der Waals surface area (Å²) in [5.74, 6) is -2.69. The number of carbonyl (C=O) groups is 2. The minimum atomic E-state index is -5.32. The van der Waals surface area contributed by atoms with Gasteiger partial charge < -0.3 is 15.4 Å². The van der Waals surface area contributed by atoms with Gasteiger partial charge in [-0.2, -0.15) is 18.4 Å². The van der Waals surface area contributed by atoms with Gasteiger partial charge in [0.25, 0.3) is 5.91 Å². The second kappa shape index (κ2) is 9.70. The molecule has 2 aromatic rings. The molecule has 0 saturated heterocycles. The van der Waals surface area contributed by atoms with Crippen molar-refractivity contribution in [2.75, 3.05) is 12.4 Å². The maximum Gasteiger partial charge on any atom is 0.441 e. The van der Waals surface area contributed by atoms with E-state index in [9.17, 15) is 28.0 Å². The Balaban J connectivity index is 2.08. The molecule has 0 spiro atoms. The summed E-state index contributed by atoms with van der Waals surface area (Å²) in [4.78, 5) is 26.2. The Kier molecular flexibility index (Phi) is 7.44. The number of amides is 1. The molecule has 1 aliphatic carbocycles. The van der Waals surface area contributed by atoms with Gasteiger partial charge in [0.15, 0.2) is 0 Å². The zero-order valence-corrected chi connectivity index (χ0v) is 21.2. The molecule has 1 aromatic heterocycles. The minimum absolute atomic E-state index is 0.0191. The Hall–Kier alpha value is -2.77. The highest BCUT2D eigenvalue weighted by Crippen LogP contribution is 2.45. The van der Waals surface area contributed by atoms with Gasteiger partial charge >= 0.3 is 17.8 Å². The van der Waals surface area contributed by atoms with E-state index in [1.807, 2.05) is 6.07 Å². The highest BCUT2D eigenvalue weighted by atomic mass is 35.5. The highest BCUT2D eigenvalue weighted by Gasteiger charge is 2.64. The summed E-state index contributed by atoms with van der Waals surface area (Å²) in [6.07, 6.45) is -3.40. The molecule has 188 valence electrons. The average Bonchev–Trinajstić information content (AvgIpc) is 3.12. The van der Waals surface area contributed by atoms with Crippen molar-refractivity contribution in [1.29, 1.82) is 5.26 Å².